The fourth-order valence-corrected chi connectivity index (χ4v) is 1.86. The van der Waals surface area contributed by atoms with Crippen molar-refractivity contribution in [3.8, 4) is 5.75 Å². The van der Waals surface area contributed by atoms with Gasteiger partial charge in [0.05, 0.1) is 0 Å². The van der Waals surface area contributed by atoms with Crippen molar-refractivity contribution in [2.24, 2.45) is 0 Å². The quantitative estimate of drug-likeness (QED) is 0.793. The van der Waals surface area contributed by atoms with Crippen LogP contribution in [0.15, 0.2) is 33.5 Å². The molecule has 100 valence electrons. The number of hydrogen-bond acceptors (Lipinski definition) is 4. The van der Waals surface area contributed by atoms with Gasteiger partial charge in [0.2, 0.25) is 0 Å². The van der Waals surface area contributed by atoms with Gasteiger partial charge in [-0.25, -0.2) is 4.79 Å². The number of ketones is 1. The van der Waals surface area contributed by atoms with Crippen LogP contribution in [0.3, 0.4) is 0 Å². The second-order valence-corrected chi connectivity index (χ2v) is 4.47. The molecule has 0 N–H and O–H groups in total. The van der Waals surface area contributed by atoms with Crippen molar-refractivity contribution in [2.75, 3.05) is 0 Å². The monoisotopic (exact) mass is 260 g/mol. The van der Waals surface area contributed by atoms with E-state index in [1.54, 1.807) is 19.1 Å². The lowest BCUT2D eigenvalue weighted by Crippen LogP contribution is -2.20. The summed E-state index contributed by atoms with van der Waals surface area (Å²) >= 11 is 0. The van der Waals surface area contributed by atoms with Gasteiger partial charge in [0.15, 0.2) is 11.9 Å². The summed E-state index contributed by atoms with van der Waals surface area (Å²) in [6.07, 6.45) is 0.241. The Bertz CT molecular complexity index is 669. The highest BCUT2D eigenvalue weighted by Crippen LogP contribution is 2.23. The highest BCUT2D eigenvalue weighted by molar-refractivity contribution is 5.82. The summed E-state index contributed by atoms with van der Waals surface area (Å²) in [4.78, 5) is 22.6. The summed E-state index contributed by atoms with van der Waals surface area (Å²) in [6.45, 7) is 5.14. The van der Waals surface area contributed by atoms with E-state index in [4.69, 9.17) is 9.15 Å². The smallest absolute Gasteiger partial charge is 0.336 e. The zero-order valence-electron chi connectivity index (χ0n) is 11.2. The van der Waals surface area contributed by atoms with Gasteiger partial charge in [-0.1, -0.05) is 6.92 Å². The SMILES string of the molecule is CCc1cc(=O)oc2cc(OC(C)C(C)=O)ccc12. The number of benzene rings is 1. The Morgan fingerprint density at radius 1 is 1.37 bits per heavy atom. The second kappa shape index (κ2) is 5.26. The van der Waals surface area contributed by atoms with Gasteiger partial charge in [-0.15, -0.1) is 0 Å². The van der Waals surface area contributed by atoms with Crippen LogP contribution in [0, 0.1) is 0 Å². The Kier molecular flexibility index (Phi) is 3.69. The van der Waals surface area contributed by atoms with Gasteiger partial charge >= 0.3 is 5.63 Å². The van der Waals surface area contributed by atoms with E-state index < -0.39 is 6.10 Å². The molecular formula is C15H16O4. The van der Waals surface area contributed by atoms with Crippen molar-refractivity contribution >= 4 is 16.8 Å². The molecule has 2 rings (SSSR count). The van der Waals surface area contributed by atoms with Crippen molar-refractivity contribution < 1.29 is 13.9 Å². The molecule has 1 unspecified atom stereocenters. The lowest BCUT2D eigenvalue weighted by atomic mass is 10.1. The molecule has 0 fully saturated rings. The average Bonchev–Trinajstić information content (AvgIpc) is 2.37. The molecule has 4 heteroatoms. The number of rotatable bonds is 4. The standard InChI is InChI=1S/C15H16O4/c1-4-11-7-15(17)19-14-8-12(5-6-13(11)14)18-10(3)9(2)16/h5-8,10H,4H2,1-3H3. The number of carbonyl (C=O) groups excluding carboxylic acids is 1. The Balaban J connectivity index is 2.46. The van der Waals surface area contributed by atoms with E-state index >= 15 is 0 Å². The first-order valence-electron chi connectivity index (χ1n) is 6.25. The molecule has 0 aliphatic heterocycles. The summed E-state index contributed by atoms with van der Waals surface area (Å²) in [5.74, 6) is 0.468. The minimum Gasteiger partial charge on any atom is -0.483 e. The van der Waals surface area contributed by atoms with Crippen LogP contribution in [0.4, 0.5) is 0 Å². The lowest BCUT2D eigenvalue weighted by molar-refractivity contribution is -0.122. The molecule has 1 heterocycles. The van der Waals surface area contributed by atoms with E-state index in [0.717, 1.165) is 17.4 Å². The van der Waals surface area contributed by atoms with E-state index in [1.807, 2.05) is 13.0 Å². The Morgan fingerprint density at radius 2 is 2.11 bits per heavy atom. The van der Waals surface area contributed by atoms with Crippen LogP contribution >= 0.6 is 0 Å². The van der Waals surface area contributed by atoms with Gasteiger partial charge in [0.1, 0.15) is 11.3 Å². The van der Waals surface area contributed by atoms with E-state index in [1.165, 1.54) is 13.0 Å². The highest BCUT2D eigenvalue weighted by atomic mass is 16.5. The van der Waals surface area contributed by atoms with Crippen LogP contribution in [0.1, 0.15) is 26.3 Å². The van der Waals surface area contributed by atoms with E-state index in [-0.39, 0.29) is 11.4 Å². The van der Waals surface area contributed by atoms with Crippen LogP contribution in [0.25, 0.3) is 11.0 Å². The van der Waals surface area contributed by atoms with E-state index in [2.05, 4.69) is 0 Å². The fraction of sp³-hybridized carbons (Fsp3) is 0.333. The molecule has 1 aromatic heterocycles. The van der Waals surface area contributed by atoms with Gasteiger partial charge in [-0.05, 0) is 38.0 Å². The van der Waals surface area contributed by atoms with Crippen molar-refractivity contribution in [1.82, 2.24) is 0 Å². The average molecular weight is 260 g/mol. The van der Waals surface area contributed by atoms with Crippen LogP contribution in [0.2, 0.25) is 0 Å². The Morgan fingerprint density at radius 3 is 2.74 bits per heavy atom. The molecule has 0 bridgehead atoms. The molecule has 4 nitrogen and oxygen atoms in total. The van der Waals surface area contributed by atoms with Crippen molar-refractivity contribution in [3.63, 3.8) is 0 Å². The van der Waals surface area contributed by atoms with Gasteiger partial charge in [-0.2, -0.15) is 0 Å². The molecule has 0 aliphatic rings. The van der Waals surface area contributed by atoms with Gasteiger partial charge in [-0.3, -0.25) is 4.79 Å². The molecule has 0 saturated carbocycles. The molecule has 19 heavy (non-hydrogen) atoms. The third kappa shape index (κ3) is 2.84. The summed E-state index contributed by atoms with van der Waals surface area (Å²) in [5.41, 5.74) is 1.05. The van der Waals surface area contributed by atoms with E-state index in [9.17, 15) is 9.59 Å². The maximum Gasteiger partial charge on any atom is 0.336 e. The van der Waals surface area contributed by atoms with Crippen LogP contribution in [0.5, 0.6) is 5.75 Å². The lowest BCUT2D eigenvalue weighted by Gasteiger charge is -2.12. The van der Waals surface area contributed by atoms with E-state index in [0.29, 0.717) is 11.3 Å². The molecule has 0 amide bonds. The largest absolute Gasteiger partial charge is 0.483 e. The second-order valence-electron chi connectivity index (χ2n) is 4.47. The summed E-state index contributed by atoms with van der Waals surface area (Å²) in [7, 11) is 0. The zero-order valence-corrected chi connectivity index (χ0v) is 11.2. The van der Waals surface area contributed by atoms with Crippen LogP contribution in [-0.4, -0.2) is 11.9 Å². The summed E-state index contributed by atoms with van der Waals surface area (Å²) in [5, 5.41) is 0.893. The van der Waals surface area contributed by atoms with Crippen molar-refractivity contribution in [2.45, 2.75) is 33.3 Å². The molecule has 1 aromatic carbocycles. The van der Waals surface area contributed by atoms with Crippen LogP contribution in [-0.2, 0) is 11.2 Å². The normalized spacial score (nSPS) is 12.4. The van der Waals surface area contributed by atoms with Gasteiger partial charge < -0.3 is 9.15 Å². The fourth-order valence-electron chi connectivity index (χ4n) is 1.86. The summed E-state index contributed by atoms with van der Waals surface area (Å²) < 4.78 is 10.7. The number of carbonyl (C=O) groups is 1. The molecule has 0 radical (unpaired) electrons. The molecule has 0 spiro atoms. The van der Waals surface area contributed by atoms with Gasteiger partial charge in [0, 0.05) is 17.5 Å². The predicted molar refractivity (Wildman–Crippen MR) is 72.6 cm³/mol. The van der Waals surface area contributed by atoms with Crippen molar-refractivity contribution in [1.29, 1.82) is 0 Å². The third-order valence-corrected chi connectivity index (χ3v) is 3.07. The maximum atomic E-state index is 11.4. The Hall–Kier alpha value is -2.10. The number of fused-ring (bicyclic) bond motifs is 1. The topological polar surface area (TPSA) is 56.5 Å². The minimum absolute atomic E-state index is 0.0520. The number of ether oxygens (including phenoxy) is 1. The Labute approximate surface area is 111 Å². The predicted octanol–water partition coefficient (Wildman–Crippen LogP) is 2.71. The van der Waals surface area contributed by atoms with Crippen molar-refractivity contribution in [3.05, 3.63) is 40.2 Å². The minimum atomic E-state index is -0.515. The molecule has 0 aliphatic carbocycles. The maximum absolute atomic E-state index is 11.4. The first kappa shape index (κ1) is 13.3. The van der Waals surface area contributed by atoms with Crippen LogP contribution < -0.4 is 10.4 Å². The van der Waals surface area contributed by atoms with Gasteiger partial charge in [0.25, 0.3) is 0 Å². The molecular weight excluding hydrogens is 244 g/mol. The first-order valence-corrected chi connectivity index (χ1v) is 6.25. The zero-order chi connectivity index (χ0) is 14.0. The summed E-state index contributed by atoms with van der Waals surface area (Å²) in [6, 6.07) is 6.77. The first-order chi connectivity index (χ1) is 9.01. The molecule has 0 saturated heterocycles. The highest BCUT2D eigenvalue weighted by Gasteiger charge is 2.11. The third-order valence-electron chi connectivity index (χ3n) is 3.07. The number of Topliss-reactive ketones (excluding diaryl/α,β-unsaturated/α-hetero) is 1. The molecule has 1 atom stereocenters. The molecule has 2 aromatic rings. The number of hydrogen-bond donors (Lipinski definition) is 0. The number of aryl methyl sites for hydroxylation is 1.